The third-order valence-corrected chi connectivity index (χ3v) is 6.69. The average molecular weight is 402 g/mol. The summed E-state index contributed by atoms with van der Waals surface area (Å²) in [7, 11) is 0. The zero-order valence-electron chi connectivity index (χ0n) is 17.3. The van der Waals surface area contributed by atoms with Gasteiger partial charge < -0.3 is 9.30 Å². The van der Waals surface area contributed by atoms with E-state index in [2.05, 4.69) is 9.97 Å². The number of hydrogen-bond donors (Lipinski definition) is 1. The Bertz CT molecular complexity index is 1020. The molecule has 0 amide bonds. The van der Waals surface area contributed by atoms with Gasteiger partial charge in [-0.25, -0.2) is 9.78 Å². The number of hydrogen-bond acceptors (Lipinski definition) is 5. The van der Waals surface area contributed by atoms with Crippen LogP contribution in [0, 0.1) is 17.8 Å². The molecule has 2 fully saturated rings. The summed E-state index contributed by atoms with van der Waals surface area (Å²) in [5, 5.41) is 0. The molecular formula is C21H30N4O4. The number of carbonyl (C=O) groups excluding carboxylic acids is 1. The van der Waals surface area contributed by atoms with Crippen LogP contribution < -0.4 is 11.2 Å². The number of unbranched alkanes of at least 4 members (excludes halogenated alkanes) is 1. The van der Waals surface area contributed by atoms with E-state index in [0.717, 1.165) is 25.2 Å². The number of aryl methyl sites for hydroxylation is 2. The maximum absolute atomic E-state index is 12.4. The average Bonchev–Trinajstić information content (AvgIpc) is 3.40. The minimum Gasteiger partial charge on any atom is -0.457 e. The van der Waals surface area contributed by atoms with Gasteiger partial charge in [0.25, 0.3) is 5.56 Å². The fourth-order valence-corrected chi connectivity index (χ4v) is 5.24. The van der Waals surface area contributed by atoms with Gasteiger partial charge in [0, 0.05) is 19.5 Å². The third kappa shape index (κ3) is 3.76. The Balaban J connectivity index is 1.53. The number of nitrogens with one attached hydrogen (secondary N) is 1. The van der Waals surface area contributed by atoms with Crippen LogP contribution in [0.3, 0.4) is 0 Å². The zero-order chi connectivity index (χ0) is 20.5. The lowest BCUT2D eigenvalue weighted by Gasteiger charge is -2.20. The molecule has 2 aliphatic carbocycles. The van der Waals surface area contributed by atoms with Crippen LogP contribution in [0.1, 0.15) is 64.6 Å². The lowest BCUT2D eigenvalue weighted by atomic mass is 9.86. The van der Waals surface area contributed by atoms with Gasteiger partial charge in [-0.2, -0.15) is 0 Å². The van der Waals surface area contributed by atoms with Crippen molar-refractivity contribution in [2.45, 2.75) is 78.5 Å². The molecule has 2 aromatic rings. The quantitative estimate of drug-likeness (QED) is 0.684. The highest BCUT2D eigenvalue weighted by atomic mass is 16.5. The fraction of sp³-hybridized carbons (Fsp3) is 0.714. The first-order chi connectivity index (χ1) is 14.0. The smallest absolute Gasteiger partial charge is 0.330 e. The van der Waals surface area contributed by atoms with Gasteiger partial charge in [-0.05, 0) is 50.4 Å². The van der Waals surface area contributed by atoms with E-state index < -0.39 is 11.2 Å². The summed E-state index contributed by atoms with van der Waals surface area (Å²) in [6.07, 6.45) is 7.17. The first-order valence-electron chi connectivity index (χ1n) is 10.9. The van der Waals surface area contributed by atoms with Crippen molar-refractivity contribution in [3.8, 4) is 0 Å². The molecule has 0 saturated heterocycles. The SMILES string of the molecule is CCCCn1c(=O)[nH]c(=O)c2c1nc(COC(=O)C[C@H]1C[C@H]3CC[C@@H]1C3)n2CC. The van der Waals surface area contributed by atoms with Crippen LogP contribution in [-0.2, 0) is 29.2 Å². The predicted octanol–water partition coefficient (Wildman–Crippen LogP) is 2.58. The van der Waals surface area contributed by atoms with Crippen LogP contribution in [0.4, 0.5) is 0 Å². The number of carbonyl (C=O) groups is 1. The molecule has 1 N–H and O–H groups in total. The van der Waals surface area contributed by atoms with Crippen molar-refractivity contribution in [2.75, 3.05) is 0 Å². The Morgan fingerprint density at radius 3 is 2.69 bits per heavy atom. The summed E-state index contributed by atoms with van der Waals surface area (Å²) in [5.41, 5.74) is -0.168. The first kappa shape index (κ1) is 19.9. The maximum Gasteiger partial charge on any atom is 0.330 e. The van der Waals surface area contributed by atoms with Gasteiger partial charge in [0.1, 0.15) is 12.4 Å². The lowest BCUT2D eigenvalue weighted by molar-refractivity contribution is -0.146. The third-order valence-electron chi connectivity index (χ3n) is 6.69. The second-order valence-electron chi connectivity index (χ2n) is 8.51. The van der Waals surface area contributed by atoms with Gasteiger partial charge >= 0.3 is 11.7 Å². The molecule has 2 aliphatic rings. The summed E-state index contributed by atoms with van der Waals surface area (Å²) in [5.74, 6) is 2.24. The van der Waals surface area contributed by atoms with Crippen molar-refractivity contribution in [1.82, 2.24) is 19.1 Å². The van der Waals surface area contributed by atoms with Crippen molar-refractivity contribution >= 4 is 17.1 Å². The molecule has 0 unspecified atom stereocenters. The van der Waals surface area contributed by atoms with Crippen molar-refractivity contribution in [2.24, 2.45) is 17.8 Å². The second-order valence-corrected chi connectivity index (χ2v) is 8.51. The largest absolute Gasteiger partial charge is 0.457 e. The van der Waals surface area contributed by atoms with Crippen LogP contribution in [-0.4, -0.2) is 25.1 Å². The lowest BCUT2D eigenvalue weighted by Crippen LogP contribution is -2.31. The van der Waals surface area contributed by atoms with Crippen molar-refractivity contribution < 1.29 is 9.53 Å². The molecule has 158 valence electrons. The summed E-state index contributed by atoms with van der Waals surface area (Å²) in [4.78, 5) is 44.0. The van der Waals surface area contributed by atoms with Crippen molar-refractivity contribution in [3.05, 3.63) is 26.7 Å². The fourth-order valence-electron chi connectivity index (χ4n) is 5.24. The van der Waals surface area contributed by atoms with E-state index in [1.165, 1.54) is 23.8 Å². The summed E-state index contributed by atoms with van der Waals surface area (Å²) < 4.78 is 8.78. The Hall–Kier alpha value is -2.38. The molecule has 8 heteroatoms. The Labute approximate surface area is 169 Å². The van der Waals surface area contributed by atoms with E-state index >= 15 is 0 Å². The highest BCUT2D eigenvalue weighted by molar-refractivity contribution is 5.72. The number of H-pyrrole nitrogens is 1. The second kappa shape index (κ2) is 8.16. The van der Waals surface area contributed by atoms with Gasteiger partial charge in [0.2, 0.25) is 0 Å². The molecule has 2 saturated carbocycles. The normalized spacial score (nSPS) is 23.2. The molecule has 0 radical (unpaired) electrons. The number of fused-ring (bicyclic) bond motifs is 3. The summed E-state index contributed by atoms with van der Waals surface area (Å²) in [6, 6.07) is 0. The topological polar surface area (TPSA) is 99.0 Å². The monoisotopic (exact) mass is 402 g/mol. The predicted molar refractivity (Wildman–Crippen MR) is 109 cm³/mol. The van der Waals surface area contributed by atoms with Crippen LogP contribution in [0.25, 0.3) is 11.2 Å². The standard InChI is InChI=1S/C21H30N4O4/c1-3-5-8-25-19-18(20(27)23-21(25)28)24(4-2)16(22-19)12-29-17(26)11-15-10-13-6-7-14(15)9-13/h13-15H,3-12H2,1-2H3,(H,23,27,28)/t13-,14+,15+/m0/s1. The number of esters is 1. The van der Waals surface area contributed by atoms with Crippen LogP contribution in [0.5, 0.6) is 0 Å². The number of aromatic amines is 1. The molecule has 29 heavy (non-hydrogen) atoms. The molecule has 8 nitrogen and oxygen atoms in total. The molecule has 2 bridgehead atoms. The number of aromatic nitrogens is 4. The van der Waals surface area contributed by atoms with Gasteiger partial charge in [-0.15, -0.1) is 0 Å². The van der Waals surface area contributed by atoms with Gasteiger partial charge in [0.05, 0.1) is 0 Å². The summed E-state index contributed by atoms with van der Waals surface area (Å²) >= 11 is 0. The highest BCUT2D eigenvalue weighted by Crippen LogP contribution is 2.49. The van der Waals surface area contributed by atoms with E-state index in [9.17, 15) is 14.4 Å². The molecule has 0 aliphatic heterocycles. The number of rotatable bonds is 8. The van der Waals surface area contributed by atoms with Gasteiger partial charge in [-0.3, -0.25) is 19.1 Å². The maximum atomic E-state index is 12.4. The van der Waals surface area contributed by atoms with E-state index in [1.807, 2.05) is 13.8 Å². The first-order valence-corrected chi connectivity index (χ1v) is 10.9. The molecule has 0 spiro atoms. The van der Waals surface area contributed by atoms with Gasteiger partial charge in [0.15, 0.2) is 11.2 Å². The summed E-state index contributed by atoms with van der Waals surface area (Å²) in [6.45, 7) is 4.96. The molecule has 4 rings (SSSR count). The Morgan fingerprint density at radius 2 is 2.03 bits per heavy atom. The minimum absolute atomic E-state index is 0.0174. The molecule has 0 aromatic carbocycles. The van der Waals surface area contributed by atoms with E-state index in [1.54, 1.807) is 4.57 Å². The number of ether oxygens (including phenoxy) is 1. The molecular weight excluding hydrogens is 372 g/mol. The number of imidazole rings is 1. The Kier molecular flexibility index (Phi) is 5.61. The highest BCUT2D eigenvalue weighted by Gasteiger charge is 2.40. The Morgan fingerprint density at radius 1 is 1.21 bits per heavy atom. The van der Waals surface area contributed by atoms with Crippen molar-refractivity contribution in [1.29, 1.82) is 0 Å². The molecule has 2 aromatic heterocycles. The van der Waals surface area contributed by atoms with E-state index in [-0.39, 0.29) is 12.6 Å². The molecule has 3 atom stereocenters. The van der Waals surface area contributed by atoms with Gasteiger partial charge in [-0.1, -0.05) is 19.8 Å². The van der Waals surface area contributed by atoms with Crippen LogP contribution in [0.2, 0.25) is 0 Å². The zero-order valence-corrected chi connectivity index (χ0v) is 17.3. The van der Waals surface area contributed by atoms with Crippen molar-refractivity contribution in [3.63, 3.8) is 0 Å². The minimum atomic E-state index is -0.452. The van der Waals surface area contributed by atoms with Crippen LogP contribution >= 0.6 is 0 Å². The van der Waals surface area contributed by atoms with E-state index in [4.69, 9.17) is 4.74 Å². The number of nitrogens with zero attached hydrogens (tertiary/aromatic N) is 3. The van der Waals surface area contributed by atoms with Crippen LogP contribution in [0.15, 0.2) is 9.59 Å². The molecule has 2 heterocycles. The van der Waals surface area contributed by atoms with E-state index in [0.29, 0.717) is 48.3 Å².